The first-order valence-corrected chi connectivity index (χ1v) is 4.53. The van der Waals surface area contributed by atoms with Crippen LogP contribution in [0, 0.1) is 6.92 Å². The Balaban J connectivity index is 2.86. The Morgan fingerprint density at radius 2 is 2.07 bits per heavy atom. The number of nitrogens with zero attached hydrogens (tertiary/aromatic N) is 2. The minimum absolute atomic E-state index is 0.317. The SMILES string of the molecule is Cc1c(C(=O)OC(C)(C)C)cnn1C. The summed E-state index contributed by atoms with van der Waals surface area (Å²) in [7, 11) is 1.79. The molecule has 14 heavy (non-hydrogen) atoms. The summed E-state index contributed by atoms with van der Waals surface area (Å²) in [5.74, 6) is -0.317. The van der Waals surface area contributed by atoms with Gasteiger partial charge in [-0.2, -0.15) is 5.10 Å². The van der Waals surface area contributed by atoms with Crippen LogP contribution in [0.2, 0.25) is 0 Å². The first-order chi connectivity index (χ1) is 6.31. The van der Waals surface area contributed by atoms with E-state index in [2.05, 4.69) is 5.10 Å². The van der Waals surface area contributed by atoms with E-state index in [9.17, 15) is 4.79 Å². The zero-order chi connectivity index (χ0) is 10.9. The molecule has 0 aromatic carbocycles. The Morgan fingerprint density at radius 3 is 2.43 bits per heavy atom. The number of aromatic nitrogens is 2. The number of carbonyl (C=O) groups excluding carboxylic acids is 1. The fourth-order valence-corrected chi connectivity index (χ4v) is 1.03. The Hall–Kier alpha value is -1.32. The lowest BCUT2D eigenvalue weighted by molar-refractivity contribution is 0.00686. The van der Waals surface area contributed by atoms with Crippen molar-refractivity contribution in [3.63, 3.8) is 0 Å². The normalized spacial score (nSPS) is 11.5. The minimum atomic E-state index is -0.459. The second kappa shape index (κ2) is 3.44. The summed E-state index contributed by atoms with van der Waals surface area (Å²) in [6.45, 7) is 7.37. The van der Waals surface area contributed by atoms with Crippen molar-refractivity contribution in [2.75, 3.05) is 0 Å². The monoisotopic (exact) mass is 196 g/mol. The van der Waals surface area contributed by atoms with E-state index >= 15 is 0 Å². The van der Waals surface area contributed by atoms with Crippen molar-refractivity contribution >= 4 is 5.97 Å². The van der Waals surface area contributed by atoms with E-state index in [0.29, 0.717) is 5.56 Å². The van der Waals surface area contributed by atoms with Crippen LogP contribution in [-0.2, 0) is 11.8 Å². The van der Waals surface area contributed by atoms with Gasteiger partial charge in [-0.05, 0) is 27.7 Å². The standard InChI is InChI=1S/C10H16N2O2/c1-7-8(6-11-12(7)5)9(13)14-10(2,3)4/h6H,1-5H3. The Morgan fingerprint density at radius 1 is 1.50 bits per heavy atom. The third-order valence-electron chi connectivity index (χ3n) is 1.85. The van der Waals surface area contributed by atoms with Gasteiger partial charge in [-0.1, -0.05) is 0 Å². The van der Waals surface area contributed by atoms with Gasteiger partial charge in [0.05, 0.1) is 6.20 Å². The third-order valence-corrected chi connectivity index (χ3v) is 1.85. The topological polar surface area (TPSA) is 44.1 Å². The summed E-state index contributed by atoms with van der Waals surface area (Å²) in [6.07, 6.45) is 1.53. The van der Waals surface area contributed by atoms with Gasteiger partial charge in [-0.25, -0.2) is 4.79 Å². The zero-order valence-corrected chi connectivity index (χ0v) is 9.29. The molecule has 4 nitrogen and oxygen atoms in total. The molecule has 0 bridgehead atoms. The molecule has 1 aromatic rings. The molecule has 0 atom stereocenters. The highest BCUT2D eigenvalue weighted by atomic mass is 16.6. The first-order valence-electron chi connectivity index (χ1n) is 4.53. The van der Waals surface area contributed by atoms with Crippen molar-refractivity contribution in [2.24, 2.45) is 7.05 Å². The predicted molar refractivity (Wildman–Crippen MR) is 53.1 cm³/mol. The van der Waals surface area contributed by atoms with Crippen LogP contribution >= 0.6 is 0 Å². The molecule has 0 unspecified atom stereocenters. The number of rotatable bonds is 1. The lowest BCUT2D eigenvalue weighted by Gasteiger charge is -2.19. The van der Waals surface area contributed by atoms with Gasteiger partial charge < -0.3 is 4.74 Å². The van der Waals surface area contributed by atoms with Gasteiger partial charge in [0.1, 0.15) is 11.2 Å². The van der Waals surface area contributed by atoms with Crippen LogP contribution in [0.25, 0.3) is 0 Å². The van der Waals surface area contributed by atoms with Gasteiger partial charge in [-0.3, -0.25) is 4.68 Å². The number of ether oxygens (including phenoxy) is 1. The summed E-state index contributed by atoms with van der Waals surface area (Å²) >= 11 is 0. The molecule has 1 rings (SSSR count). The largest absolute Gasteiger partial charge is 0.456 e. The molecule has 0 radical (unpaired) electrons. The van der Waals surface area contributed by atoms with E-state index in [4.69, 9.17) is 4.74 Å². The lowest BCUT2D eigenvalue weighted by Crippen LogP contribution is -2.24. The number of esters is 1. The Bertz CT molecular complexity index is 347. The molecule has 0 saturated carbocycles. The van der Waals surface area contributed by atoms with Gasteiger partial charge in [0.2, 0.25) is 0 Å². The van der Waals surface area contributed by atoms with Gasteiger partial charge in [-0.15, -0.1) is 0 Å². The van der Waals surface area contributed by atoms with Crippen LogP contribution in [0.4, 0.5) is 0 Å². The van der Waals surface area contributed by atoms with Crippen molar-refractivity contribution in [1.82, 2.24) is 9.78 Å². The molecule has 0 aliphatic rings. The van der Waals surface area contributed by atoms with Crippen molar-refractivity contribution in [2.45, 2.75) is 33.3 Å². The Labute approximate surface area is 83.9 Å². The molecule has 1 heterocycles. The van der Waals surface area contributed by atoms with Gasteiger partial charge in [0, 0.05) is 12.7 Å². The molecule has 1 aromatic heterocycles. The second-order valence-corrected chi connectivity index (χ2v) is 4.27. The molecule has 0 aliphatic carbocycles. The number of carbonyl (C=O) groups is 1. The van der Waals surface area contributed by atoms with E-state index in [1.807, 2.05) is 27.7 Å². The van der Waals surface area contributed by atoms with Gasteiger partial charge >= 0.3 is 5.97 Å². The molecule has 0 fully saturated rings. The smallest absolute Gasteiger partial charge is 0.342 e. The highest BCUT2D eigenvalue weighted by molar-refractivity contribution is 5.90. The van der Waals surface area contributed by atoms with E-state index in [1.165, 1.54) is 6.20 Å². The quantitative estimate of drug-likeness (QED) is 0.642. The summed E-state index contributed by atoms with van der Waals surface area (Å²) < 4.78 is 6.88. The van der Waals surface area contributed by atoms with Crippen molar-refractivity contribution in [3.8, 4) is 0 Å². The minimum Gasteiger partial charge on any atom is -0.456 e. The van der Waals surface area contributed by atoms with E-state index in [1.54, 1.807) is 11.7 Å². The maximum absolute atomic E-state index is 11.6. The maximum Gasteiger partial charge on any atom is 0.342 e. The molecule has 0 saturated heterocycles. The fraction of sp³-hybridized carbons (Fsp3) is 0.600. The van der Waals surface area contributed by atoms with E-state index in [-0.39, 0.29) is 5.97 Å². The van der Waals surface area contributed by atoms with Crippen LogP contribution in [-0.4, -0.2) is 21.4 Å². The summed E-state index contributed by atoms with van der Waals surface area (Å²) in [6, 6.07) is 0. The molecule has 4 heteroatoms. The number of hydrogen-bond acceptors (Lipinski definition) is 3. The highest BCUT2D eigenvalue weighted by Gasteiger charge is 2.20. The maximum atomic E-state index is 11.6. The fourth-order valence-electron chi connectivity index (χ4n) is 1.03. The predicted octanol–water partition coefficient (Wildman–Crippen LogP) is 1.68. The first kappa shape index (κ1) is 10.8. The zero-order valence-electron chi connectivity index (χ0n) is 9.29. The summed E-state index contributed by atoms with van der Waals surface area (Å²) in [4.78, 5) is 11.6. The molecule has 0 spiro atoms. The second-order valence-electron chi connectivity index (χ2n) is 4.27. The molecule has 0 N–H and O–H groups in total. The molecular weight excluding hydrogens is 180 g/mol. The molecule has 78 valence electrons. The van der Waals surface area contributed by atoms with Gasteiger partial charge in [0.25, 0.3) is 0 Å². The average molecular weight is 196 g/mol. The molecule has 0 amide bonds. The van der Waals surface area contributed by atoms with Crippen LogP contribution in [0.3, 0.4) is 0 Å². The number of hydrogen-bond donors (Lipinski definition) is 0. The number of aryl methyl sites for hydroxylation is 1. The molecular formula is C10H16N2O2. The van der Waals surface area contributed by atoms with Crippen LogP contribution < -0.4 is 0 Å². The van der Waals surface area contributed by atoms with Crippen molar-refractivity contribution in [3.05, 3.63) is 17.5 Å². The van der Waals surface area contributed by atoms with Crippen LogP contribution in [0.1, 0.15) is 36.8 Å². The van der Waals surface area contributed by atoms with Crippen LogP contribution in [0.5, 0.6) is 0 Å². The Kier molecular flexibility index (Phi) is 2.64. The van der Waals surface area contributed by atoms with Crippen molar-refractivity contribution in [1.29, 1.82) is 0 Å². The summed E-state index contributed by atoms with van der Waals surface area (Å²) in [5, 5.41) is 3.98. The lowest BCUT2D eigenvalue weighted by atomic mass is 10.2. The third kappa shape index (κ3) is 2.34. The van der Waals surface area contributed by atoms with Crippen molar-refractivity contribution < 1.29 is 9.53 Å². The van der Waals surface area contributed by atoms with E-state index < -0.39 is 5.60 Å². The summed E-state index contributed by atoms with van der Waals surface area (Å²) in [5.41, 5.74) is 0.890. The van der Waals surface area contributed by atoms with Crippen LogP contribution in [0.15, 0.2) is 6.20 Å². The van der Waals surface area contributed by atoms with Gasteiger partial charge in [0.15, 0.2) is 0 Å². The average Bonchev–Trinajstić information content (AvgIpc) is 2.29. The molecule has 0 aliphatic heterocycles. The van der Waals surface area contributed by atoms with E-state index in [0.717, 1.165) is 5.69 Å². The highest BCUT2D eigenvalue weighted by Crippen LogP contribution is 2.13.